The number of hydrogen-bond acceptors (Lipinski definition) is 2. The van der Waals surface area contributed by atoms with Crippen LogP contribution in [0.2, 0.25) is 10.0 Å². The van der Waals surface area contributed by atoms with Gasteiger partial charge in [-0.25, -0.2) is 0 Å². The van der Waals surface area contributed by atoms with E-state index in [2.05, 4.69) is 12.2 Å². The molecule has 0 saturated heterocycles. The van der Waals surface area contributed by atoms with Gasteiger partial charge in [-0.15, -0.1) is 0 Å². The number of ether oxygens (including phenoxy) is 1. The molecule has 4 saturated carbocycles. The van der Waals surface area contributed by atoms with Crippen LogP contribution >= 0.6 is 23.2 Å². The van der Waals surface area contributed by atoms with Gasteiger partial charge in [-0.2, -0.15) is 0 Å². The lowest BCUT2D eigenvalue weighted by molar-refractivity contribution is -0.0706. The Kier molecular flexibility index (Phi) is 5.77. The second-order valence-electron chi connectivity index (χ2n) is 10.0. The summed E-state index contributed by atoms with van der Waals surface area (Å²) in [7, 11) is 0. The molecule has 1 N–H and O–H groups in total. The number of benzene rings is 2. The molecule has 0 heterocycles. The van der Waals surface area contributed by atoms with E-state index in [4.69, 9.17) is 27.9 Å². The van der Waals surface area contributed by atoms with Crippen LogP contribution in [0, 0.1) is 23.2 Å². The smallest absolute Gasteiger partial charge is 0.124 e. The molecule has 4 fully saturated rings. The predicted octanol–water partition coefficient (Wildman–Crippen LogP) is 7.27. The average Bonchev–Trinajstić information content (AvgIpc) is 2.71. The molecule has 0 aromatic heterocycles. The van der Waals surface area contributed by atoms with E-state index in [0.717, 1.165) is 51.2 Å². The Morgan fingerprint density at radius 3 is 2.30 bits per heavy atom. The van der Waals surface area contributed by atoms with E-state index in [1.807, 2.05) is 42.5 Å². The summed E-state index contributed by atoms with van der Waals surface area (Å²) < 4.78 is 6.16. The van der Waals surface area contributed by atoms with Gasteiger partial charge in [-0.05, 0) is 92.9 Å². The van der Waals surface area contributed by atoms with Gasteiger partial charge in [0.15, 0.2) is 0 Å². The Morgan fingerprint density at radius 1 is 0.967 bits per heavy atom. The Labute approximate surface area is 190 Å². The first-order valence-corrected chi connectivity index (χ1v) is 12.1. The Hall–Kier alpha value is -1.22. The van der Waals surface area contributed by atoms with Crippen LogP contribution in [-0.4, -0.2) is 6.04 Å². The van der Waals surface area contributed by atoms with E-state index in [0.29, 0.717) is 18.1 Å². The van der Waals surface area contributed by atoms with Crippen molar-refractivity contribution in [2.75, 3.05) is 0 Å². The minimum absolute atomic E-state index is 0.457. The van der Waals surface area contributed by atoms with Crippen molar-refractivity contribution in [3.05, 3.63) is 63.6 Å². The van der Waals surface area contributed by atoms with E-state index < -0.39 is 0 Å². The fourth-order valence-corrected chi connectivity index (χ4v) is 7.17. The summed E-state index contributed by atoms with van der Waals surface area (Å²) in [5, 5.41) is 5.36. The monoisotopic (exact) mass is 443 g/mol. The van der Waals surface area contributed by atoms with Gasteiger partial charge < -0.3 is 10.1 Å². The van der Waals surface area contributed by atoms with Crippen molar-refractivity contribution in [3.8, 4) is 5.75 Å². The summed E-state index contributed by atoms with van der Waals surface area (Å²) in [5.74, 6) is 3.80. The topological polar surface area (TPSA) is 21.3 Å². The minimum atomic E-state index is 0.457. The van der Waals surface area contributed by atoms with Gasteiger partial charge in [0.05, 0.1) is 0 Å². The van der Waals surface area contributed by atoms with Crippen molar-refractivity contribution in [1.82, 2.24) is 5.32 Å². The van der Waals surface area contributed by atoms with Crippen LogP contribution in [0.4, 0.5) is 0 Å². The summed E-state index contributed by atoms with van der Waals surface area (Å²) in [6, 6.07) is 14.3. The third kappa shape index (κ3) is 4.11. The molecule has 4 bridgehead atoms. The Morgan fingerprint density at radius 2 is 1.63 bits per heavy atom. The van der Waals surface area contributed by atoms with Crippen molar-refractivity contribution < 1.29 is 4.74 Å². The number of hydrogen-bond donors (Lipinski definition) is 1. The second kappa shape index (κ2) is 8.37. The van der Waals surface area contributed by atoms with E-state index in [-0.39, 0.29) is 0 Å². The fourth-order valence-electron chi connectivity index (χ4n) is 6.79. The SMILES string of the molecule is CC(NCc1cc(Cl)ccc1OCc1ccccc1Cl)C12CC3CC(CC(C3)C1)C2. The highest BCUT2D eigenvalue weighted by atomic mass is 35.5. The molecule has 2 aromatic carbocycles. The average molecular weight is 444 g/mol. The molecule has 6 rings (SSSR count). The first-order chi connectivity index (χ1) is 14.5. The van der Waals surface area contributed by atoms with Crippen molar-refractivity contribution in [3.63, 3.8) is 0 Å². The molecular weight excluding hydrogens is 413 g/mol. The molecule has 4 aliphatic carbocycles. The van der Waals surface area contributed by atoms with E-state index in [9.17, 15) is 0 Å². The van der Waals surface area contributed by atoms with Crippen LogP contribution in [-0.2, 0) is 13.2 Å². The summed E-state index contributed by atoms with van der Waals surface area (Å²) in [6.45, 7) is 3.64. The molecule has 1 unspecified atom stereocenters. The van der Waals surface area contributed by atoms with Crippen LogP contribution in [0.3, 0.4) is 0 Å². The van der Waals surface area contributed by atoms with Gasteiger partial charge in [-0.1, -0.05) is 41.4 Å². The number of rotatable bonds is 7. The first kappa shape index (κ1) is 20.7. The summed E-state index contributed by atoms with van der Waals surface area (Å²) in [6.07, 6.45) is 8.70. The van der Waals surface area contributed by atoms with Gasteiger partial charge in [0, 0.05) is 33.8 Å². The quantitative estimate of drug-likeness (QED) is 0.485. The molecule has 0 aliphatic heterocycles. The van der Waals surface area contributed by atoms with Crippen LogP contribution in [0.15, 0.2) is 42.5 Å². The molecule has 4 aliphatic rings. The number of nitrogens with one attached hydrogen (secondary N) is 1. The molecule has 0 spiro atoms. The normalized spacial score (nSPS) is 30.4. The van der Waals surface area contributed by atoms with Gasteiger partial charge in [-0.3, -0.25) is 0 Å². The first-order valence-electron chi connectivity index (χ1n) is 11.4. The van der Waals surface area contributed by atoms with Gasteiger partial charge in [0.25, 0.3) is 0 Å². The van der Waals surface area contributed by atoms with Crippen LogP contribution in [0.1, 0.15) is 56.6 Å². The Bertz CT molecular complexity index is 876. The molecule has 2 nitrogen and oxygen atoms in total. The maximum Gasteiger partial charge on any atom is 0.124 e. The van der Waals surface area contributed by atoms with Gasteiger partial charge >= 0.3 is 0 Å². The molecule has 30 heavy (non-hydrogen) atoms. The zero-order valence-corrected chi connectivity index (χ0v) is 19.2. The highest BCUT2D eigenvalue weighted by molar-refractivity contribution is 6.31. The molecule has 2 aromatic rings. The molecule has 0 radical (unpaired) electrons. The predicted molar refractivity (Wildman–Crippen MR) is 124 cm³/mol. The Balaban J connectivity index is 1.27. The molecule has 0 amide bonds. The minimum Gasteiger partial charge on any atom is -0.489 e. The summed E-state index contributed by atoms with van der Waals surface area (Å²) >= 11 is 12.6. The summed E-state index contributed by atoms with van der Waals surface area (Å²) in [5.41, 5.74) is 2.60. The highest BCUT2D eigenvalue weighted by Crippen LogP contribution is 2.61. The third-order valence-corrected chi connectivity index (χ3v) is 8.57. The third-order valence-electron chi connectivity index (χ3n) is 7.97. The standard InChI is InChI=1S/C26H31Cl2NO/c1-17(26-12-18-8-19(13-26)10-20(9-18)14-26)29-15-22-11-23(27)6-7-25(22)30-16-21-4-2-3-5-24(21)28/h2-7,11,17-20,29H,8-10,12-16H2,1H3. The van der Waals surface area contributed by atoms with Crippen molar-refractivity contribution in [1.29, 1.82) is 0 Å². The van der Waals surface area contributed by atoms with Crippen molar-refractivity contribution >= 4 is 23.2 Å². The zero-order valence-electron chi connectivity index (χ0n) is 17.7. The van der Waals surface area contributed by atoms with E-state index in [1.54, 1.807) is 0 Å². The molecule has 160 valence electrons. The zero-order chi connectivity index (χ0) is 20.7. The lowest BCUT2D eigenvalue weighted by Crippen LogP contribution is -2.54. The lowest BCUT2D eigenvalue weighted by atomic mass is 9.48. The summed E-state index contributed by atoms with van der Waals surface area (Å²) in [4.78, 5) is 0. The van der Waals surface area contributed by atoms with Gasteiger partial charge in [0.2, 0.25) is 0 Å². The lowest BCUT2D eigenvalue weighted by Gasteiger charge is -2.59. The fraction of sp³-hybridized carbons (Fsp3) is 0.538. The maximum absolute atomic E-state index is 6.33. The van der Waals surface area contributed by atoms with Crippen molar-refractivity contribution in [2.24, 2.45) is 23.2 Å². The second-order valence-corrected chi connectivity index (χ2v) is 10.9. The van der Waals surface area contributed by atoms with Gasteiger partial charge in [0.1, 0.15) is 12.4 Å². The largest absolute Gasteiger partial charge is 0.489 e. The van der Waals surface area contributed by atoms with Crippen molar-refractivity contribution in [2.45, 2.75) is 64.6 Å². The number of halogens is 2. The molecule has 1 atom stereocenters. The highest BCUT2D eigenvalue weighted by Gasteiger charge is 2.52. The maximum atomic E-state index is 6.33. The van der Waals surface area contributed by atoms with Crippen LogP contribution < -0.4 is 10.1 Å². The van der Waals surface area contributed by atoms with E-state index in [1.165, 1.54) is 38.5 Å². The van der Waals surface area contributed by atoms with Crippen LogP contribution in [0.25, 0.3) is 0 Å². The van der Waals surface area contributed by atoms with Crippen LogP contribution in [0.5, 0.6) is 5.75 Å². The molecule has 4 heteroatoms. The van der Waals surface area contributed by atoms with E-state index >= 15 is 0 Å². The molecular formula is C26H31Cl2NO.